The predicted octanol–water partition coefficient (Wildman–Crippen LogP) is 3.19. The van der Waals surface area contributed by atoms with Gasteiger partial charge in [-0.15, -0.1) is 0 Å². The van der Waals surface area contributed by atoms with Gasteiger partial charge in [-0.3, -0.25) is 4.79 Å². The van der Waals surface area contributed by atoms with Crippen molar-refractivity contribution < 1.29 is 4.79 Å². The number of nitrogens with two attached hydrogens (primary N) is 1. The molecule has 0 fully saturated rings. The molecule has 2 atom stereocenters. The Bertz CT molecular complexity index is 376. The van der Waals surface area contributed by atoms with Gasteiger partial charge in [0.05, 0.1) is 0 Å². The highest BCUT2D eigenvalue weighted by atomic mass is 16.2. The summed E-state index contributed by atoms with van der Waals surface area (Å²) in [5, 5.41) is 0. The number of amides is 1. The van der Waals surface area contributed by atoms with Crippen LogP contribution < -0.4 is 10.6 Å². The zero-order valence-corrected chi connectivity index (χ0v) is 12.3. The summed E-state index contributed by atoms with van der Waals surface area (Å²) in [6.45, 7) is 6.74. The van der Waals surface area contributed by atoms with Crippen LogP contribution >= 0.6 is 0 Å². The van der Waals surface area contributed by atoms with E-state index in [1.165, 1.54) is 0 Å². The fourth-order valence-corrected chi connectivity index (χ4v) is 2.21. The predicted molar refractivity (Wildman–Crippen MR) is 81.1 cm³/mol. The molecule has 0 bridgehead atoms. The molecule has 1 rings (SSSR count). The molecule has 106 valence electrons. The van der Waals surface area contributed by atoms with Gasteiger partial charge in [0.15, 0.2) is 0 Å². The van der Waals surface area contributed by atoms with Gasteiger partial charge < -0.3 is 10.6 Å². The Labute approximate surface area is 116 Å². The number of para-hydroxylation sites is 1. The van der Waals surface area contributed by atoms with E-state index in [1.807, 2.05) is 56.0 Å². The molecule has 1 amide bonds. The molecule has 0 aliphatic carbocycles. The highest BCUT2D eigenvalue weighted by Crippen LogP contribution is 2.19. The molecule has 1 aromatic carbocycles. The van der Waals surface area contributed by atoms with Crippen LogP contribution in [0.1, 0.15) is 40.0 Å². The summed E-state index contributed by atoms with van der Waals surface area (Å²) in [6, 6.07) is 10.1. The van der Waals surface area contributed by atoms with E-state index in [1.54, 1.807) is 0 Å². The van der Waals surface area contributed by atoms with E-state index >= 15 is 0 Å². The molecule has 19 heavy (non-hydrogen) atoms. The zero-order valence-electron chi connectivity index (χ0n) is 12.3. The number of hydrogen-bond donors (Lipinski definition) is 1. The Morgan fingerprint density at radius 1 is 1.21 bits per heavy atom. The number of anilines is 1. The van der Waals surface area contributed by atoms with Crippen molar-refractivity contribution in [2.24, 2.45) is 11.7 Å². The van der Waals surface area contributed by atoms with Crippen molar-refractivity contribution in [2.45, 2.75) is 46.1 Å². The zero-order chi connectivity index (χ0) is 14.3. The lowest BCUT2D eigenvalue weighted by molar-refractivity contribution is -0.122. The molecule has 0 aromatic heterocycles. The van der Waals surface area contributed by atoms with Gasteiger partial charge in [0.2, 0.25) is 5.91 Å². The lowest BCUT2D eigenvalue weighted by Crippen LogP contribution is -2.35. The lowest BCUT2D eigenvalue weighted by atomic mass is 10.0. The first-order chi connectivity index (χ1) is 9.06. The quantitative estimate of drug-likeness (QED) is 0.820. The van der Waals surface area contributed by atoms with Gasteiger partial charge >= 0.3 is 0 Å². The summed E-state index contributed by atoms with van der Waals surface area (Å²) in [6.07, 6.45) is 2.90. The van der Waals surface area contributed by atoms with Crippen LogP contribution in [-0.2, 0) is 4.79 Å². The van der Waals surface area contributed by atoms with E-state index in [0.717, 1.165) is 24.9 Å². The van der Waals surface area contributed by atoms with Gasteiger partial charge in [0.1, 0.15) is 0 Å². The third-order valence-corrected chi connectivity index (χ3v) is 3.37. The first-order valence-corrected chi connectivity index (χ1v) is 7.18. The molecule has 0 aliphatic rings. The summed E-state index contributed by atoms with van der Waals surface area (Å²) >= 11 is 0. The maximum absolute atomic E-state index is 12.4. The van der Waals surface area contributed by atoms with Crippen LogP contribution in [0.25, 0.3) is 0 Å². The first-order valence-electron chi connectivity index (χ1n) is 7.18. The molecule has 0 saturated heterocycles. The summed E-state index contributed by atoms with van der Waals surface area (Å²) < 4.78 is 0. The van der Waals surface area contributed by atoms with Crippen LogP contribution in [0.5, 0.6) is 0 Å². The third kappa shape index (κ3) is 5.03. The van der Waals surface area contributed by atoms with Gasteiger partial charge in [-0.05, 0) is 38.8 Å². The van der Waals surface area contributed by atoms with Gasteiger partial charge in [0, 0.05) is 24.2 Å². The lowest BCUT2D eigenvalue weighted by Gasteiger charge is -2.24. The smallest absolute Gasteiger partial charge is 0.229 e. The van der Waals surface area contributed by atoms with E-state index in [0.29, 0.717) is 6.54 Å². The van der Waals surface area contributed by atoms with Crippen LogP contribution in [0.15, 0.2) is 30.3 Å². The molecule has 0 saturated carbocycles. The largest absolute Gasteiger partial charge is 0.328 e. The average Bonchev–Trinajstić information content (AvgIpc) is 2.40. The van der Waals surface area contributed by atoms with Gasteiger partial charge in [-0.2, -0.15) is 0 Å². The van der Waals surface area contributed by atoms with E-state index < -0.39 is 0 Å². The fourth-order valence-electron chi connectivity index (χ4n) is 2.21. The number of nitrogens with zero attached hydrogens (tertiary/aromatic N) is 1. The minimum Gasteiger partial charge on any atom is -0.328 e. The van der Waals surface area contributed by atoms with Crippen molar-refractivity contribution in [1.29, 1.82) is 0 Å². The Balaban J connectivity index is 2.58. The minimum absolute atomic E-state index is 0.0545. The molecule has 3 heteroatoms. The number of carbonyl (C=O) groups excluding carboxylic acids is 1. The van der Waals surface area contributed by atoms with E-state index in [2.05, 4.69) is 0 Å². The van der Waals surface area contributed by atoms with Crippen LogP contribution in [0, 0.1) is 5.92 Å². The first kappa shape index (κ1) is 15.7. The van der Waals surface area contributed by atoms with Gasteiger partial charge in [-0.25, -0.2) is 0 Å². The number of benzene rings is 1. The van der Waals surface area contributed by atoms with Gasteiger partial charge in [-0.1, -0.05) is 31.5 Å². The fraction of sp³-hybridized carbons (Fsp3) is 0.562. The average molecular weight is 262 g/mol. The van der Waals surface area contributed by atoms with Crippen molar-refractivity contribution >= 4 is 11.6 Å². The van der Waals surface area contributed by atoms with E-state index in [-0.39, 0.29) is 17.9 Å². The summed E-state index contributed by atoms with van der Waals surface area (Å²) in [5.41, 5.74) is 6.72. The van der Waals surface area contributed by atoms with Crippen molar-refractivity contribution in [1.82, 2.24) is 0 Å². The number of carbonyl (C=O) groups is 1. The molecule has 2 N–H and O–H groups in total. The summed E-state index contributed by atoms with van der Waals surface area (Å²) in [7, 11) is 0. The molecular weight excluding hydrogens is 236 g/mol. The Morgan fingerprint density at radius 2 is 1.84 bits per heavy atom. The summed E-state index contributed by atoms with van der Waals surface area (Å²) in [4.78, 5) is 14.3. The standard InChI is InChI=1S/C16H26N2O/c1-4-18(15-11-6-5-7-12-15)16(19)13(2)9-8-10-14(3)17/h5-7,11-14H,4,8-10,17H2,1-3H3. The Kier molecular flexibility index (Phi) is 6.57. The molecule has 0 aliphatic heterocycles. The second-order valence-electron chi connectivity index (χ2n) is 5.23. The van der Waals surface area contributed by atoms with Crippen LogP contribution in [0.4, 0.5) is 5.69 Å². The van der Waals surface area contributed by atoms with Gasteiger partial charge in [0.25, 0.3) is 0 Å². The highest BCUT2D eigenvalue weighted by Gasteiger charge is 2.20. The second-order valence-corrected chi connectivity index (χ2v) is 5.23. The molecule has 0 spiro atoms. The maximum atomic E-state index is 12.4. The SMILES string of the molecule is CCN(C(=O)C(C)CCCC(C)N)c1ccccc1. The maximum Gasteiger partial charge on any atom is 0.229 e. The van der Waals surface area contributed by atoms with Crippen LogP contribution in [-0.4, -0.2) is 18.5 Å². The van der Waals surface area contributed by atoms with Crippen LogP contribution in [0.3, 0.4) is 0 Å². The molecule has 3 nitrogen and oxygen atoms in total. The third-order valence-electron chi connectivity index (χ3n) is 3.37. The highest BCUT2D eigenvalue weighted by molar-refractivity contribution is 5.94. The Hall–Kier alpha value is -1.35. The minimum atomic E-state index is 0.0545. The van der Waals surface area contributed by atoms with Crippen LogP contribution in [0.2, 0.25) is 0 Å². The number of hydrogen-bond acceptors (Lipinski definition) is 2. The molecular formula is C16H26N2O. The number of rotatable bonds is 7. The monoisotopic (exact) mass is 262 g/mol. The topological polar surface area (TPSA) is 46.3 Å². The molecule has 2 unspecified atom stereocenters. The molecule has 1 aromatic rings. The van der Waals surface area contributed by atoms with Crippen molar-refractivity contribution in [3.05, 3.63) is 30.3 Å². The Morgan fingerprint density at radius 3 is 2.37 bits per heavy atom. The van der Waals surface area contributed by atoms with Crippen molar-refractivity contribution in [2.75, 3.05) is 11.4 Å². The summed E-state index contributed by atoms with van der Waals surface area (Å²) in [5.74, 6) is 0.261. The normalized spacial score (nSPS) is 13.9. The van der Waals surface area contributed by atoms with Crippen molar-refractivity contribution in [3.8, 4) is 0 Å². The van der Waals surface area contributed by atoms with E-state index in [9.17, 15) is 4.79 Å². The molecule has 0 heterocycles. The second kappa shape index (κ2) is 7.95. The van der Waals surface area contributed by atoms with Crippen molar-refractivity contribution in [3.63, 3.8) is 0 Å². The van der Waals surface area contributed by atoms with E-state index in [4.69, 9.17) is 5.73 Å². The molecule has 0 radical (unpaired) electrons.